The molecule has 0 atom stereocenters. The van der Waals surface area contributed by atoms with Crippen molar-refractivity contribution in [1.82, 2.24) is 9.97 Å². The first-order valence-electron chi connectivity index (χ1n) is 5.47. The van der Waals surface area contributed by atoms with Crippen LogP contribution in [-0.4, -0.2) is 9.97 Å². The van der Waals surface area contributed by atoms with E-state index in [2.05, 4.69) is 30.0 Å². The van der Waals surface area contributed by atoms with Crippen molar-refractivity contribution in [3.63, 3.8) is 0 Å². The molecule has 1 saturated carbocycles. The number of nitrogens with zero attached hydrogens (tertiary/aromatic N) is 2. The van der Waals surface area contributed by atoms with Crippen molar-refractivity contribution in [3.8, 4) is 0 Å². The quantitative estimate of drug-likeness (QED) is 0.727. The highest BCUT2D eigenvalue weighted by atomic mass is 14.9. The van der Waals surface area contributed by atoms with E-state index in [4.69, 9.17) is 0 Å². The average Bonchev–Trinajstić information content (AvgIpc) is 2.87. The number of rotatable bonds is 4. The molecule has 1 aliphatic carbocycles. The van der Waals surface area contributed by atoms with Gasteiger partial charge in [0.1, 0.15) is 5.82 Å². The molecule has 2 nitrogen and oxygen atoms in total. The Morgan fingerprint density at radius 3 is 2.93 bits per heavy atom. The smallest absolute Gasteiger partial charge is 0.129 e. The first kappa shape index (κ1) is 9.63. The molecule has 14 heavy (non-hydrogen) atoms. The van der Waals surface area contributed by atoms with E-state index in [9.17, 15) is 0 Å². The van der Waals surface area contributed by atoms with Crippen LogP contribution < -0.4 is 0 Å². The Bertz CT molecular complexity index is 284. The third kappa shape index (κ3) is 2.79. The second-order valence-corrected chi connectivity index (χ2v) is 4.65. The van der Waals surface area contributed by atoms with Gasteiger partial charge in [-0.15, -0.1) is 0 Å². The average molecular weight is 189 g/mol. The minimum atomic E-state index is 0.659. The predicted octanol–water partition coefficient (Wildman–Crippen LogP) is 2.43. The van der Waals surface area contributed by atoms with Crippen molar-refractivity contribution in [3.05, 3.63) is 23.8 Å². The maximum Gasteiger partial charge on any atom is 0.129 e. The van der Waals surface area contributed by atoms with E-state index in [1.165, 1.54) is 12.8 Å². The molecule has 1 fully saturated rings. The van der Waals surface area contributed by atoms with Crippen molar-refractivity contribution in [2.24, 2.45) is 11.8 Å². The minimum absolute atomic E-state index is 0.659. The van der Waals surface area contributed by atoms with E-state index in [1.807, 2.05) is 6.07 Å². The molecule has 0 spiro atoms. The fraction of sp³-hybridized carbons (Fsp3) is 0.667. The lowest BCUT2D eigenvalue weighted by molar-refractivity contribution is 0.626. The molecule has 0 aliphatic heterocycles. The zero-order chi connectivity index (χ0) is 9.97. The van der Waals surface area contributed by atoms with Crippen molar-refractivity contribution in [2.45, 2.75) is 39.5 Å². The van der Waals surface area contributed by atoms with E-state index >= 15 is 0 Å². The summed E-state index contributed by atoms with van der Waals surface area (Å²) in [5.74, 6) is 2.51. The monoisotopic (exact) mass is 189 g/mol. The summed E-state index contributed by atoms with van der Waals surface area (Å²) >= 11 is 0. The molecule has 0 aromatic carbocycles. The van der Waals surface area contributed by atoms with Gasteiger partial charge in [0.05, 0.1) is 6.20 Å². The summed E-state index contributed by atoms with van der Waals surface area (Å²) in [5, 5.41) is 0. The predicted molar refractivity (Wildman–Crippen MR) is 55.8 cm³/mol. The van der Waals surface area contributed by atoms with Gasteiger partial charge in [0.15, 0.2) is 0 Å². The fourth-order valence-electron chi connectivity index (χ4n) is 1.60. The number of aromatic nitrogens is 2. The normalized spacial score (nSPS) is 16.2. The van der Waals surface area contributed by atoms with Gasteiger partial charge in [0, 0.05) is 12.1 Å². The highest BCUT2D eigenvalue weighted by Gasteiger charge is 2.22. The van der Waals surface area contributed by atoms with Gasteiger partial charge in [-0.25, -0.2) is 9.97 Å². The highest BCUT2D eigenvalue weighted by molar-refractivity contribution is 5.03. The summed E-state index contributed by atoms with van der Waals surface area (Å²) in [5.41, 5.74) is 1.14. The van der Waals surface area contributed by atoms with Crippen molar-refractivity contribution in [2.75, 3.05) is 0 Å². The van der Waals surface area contributed by atoms with Gasteiger partial charge < -0.3 is 0 Å². The maximum absolute atomic E-state index is 4.55. The van der Waals surface area contributed by atoms with Crippen LogP contribution in [0.3, 0.4) is 0 Å². The molecule has 1 aliphatic rings. The van der Waals surface area contributed by atoms with Gasteiger partial charge >= 0.3 is 0 Å². The van der Waals surface area contributed by atoms with Crippen LogP contribution in [0.2, 0.25) is 0 Å². The lowest BCUT2D eigenvalue weighted by atomic mass is 10.1. The van der Waals surface area contributed by atoms with Crippen molar-refractivity contribution in [1.29, 1.82) is 0 Å². The van der Waals surface area contributed by atoms with Crippen LogP contribution in [0.4, 0.5) is 0 Å². The molecule has 0 bridgehead atoms. The van der Waals surface area contributed by atoms with Crippen LogP contribution in [0.15, 0.2) is 6.07 Å². The Morgan fingerprint density at radius 2 is 2.29 bits per heavy atom. The SMILES string of the molecule is CC(C)Cc1c[c]nc(CC2CC2)n1. The molecule has 0 amide bonds. The summed E-state index contributed by atoms with van der Waals surface area (Å²) in [7, 11) is 0. The summed E-state index contributed by atoms with van der Waals surface area (Å²) in [6.45, 7) is 4.42. The Morgan fingerprint density at radius 1 is 1.50 bits per heavy atom. The van der Waals surface area contributed by atoms with Crippen LogP contribution in [0.1, 0.15) is 38.2 Å². The van der Waals surface area contributed by atoms with E-state index in [1.54, 1.807) is 0 Å². The molecule has 1 radical (unpaired) electrons. The highest BCUT2D eigenvalue weighted by Crippen LogP contribution is 2.31. The largest absolute Gasteiger partial charge is 0.238 e. The van der Waals surface area contributed by atoms with E-state index in [0.717, 1.165) is 30.3 Å². The van der Waals surface area contributed by atoms with Gasteiger partial charge in [0.2, 0.25) is 0 Å². The lowest BCUT2D eigenvalue weighted by Gasteiger charge is -2.04. The van der Waals surface area contributed by atoms with Gasteiger partial charge in [-0.05, 0) is 37.2 Å². The van der Waals surface area contributed by atoms with Gasteiger partial charge in [0.25, 0.3) is 0 Å². The van der Waals surface area contributed by atoms with E-state index < -0.39 is 0 Å². The topological polar surface area (TPSA) is 25.8 Å². The molecular formula is C12H17N2. The molecule has 2 rings (SSSR count). The molecule has 0 N–H and O–H groups in total. The lowest BCUT2D eigenvalue weighted by Crippen LogP contribution is -2.03. The second-order valence-electron chi connectivity index (χ2n) is 4.65. The first-order chi connectivity index (χ1) is 6.74. The Balaban J connectivity index is 2.01. The fourth-order valence-corrected chi connectivity index (χ4v) is 1.60. The summed E-state index contributed by atoms with van der Waals surface area (Å²) in [6.07, 6.45) is 7.77. The van der Waals surface area contributed by atoms with E-state index in [0.29, 0.717) is 5.92 Å². The molecular weight excluding hydrogens is 172 g/mol. The van der Waals surface area contributed by atoms with Crippen LogP contribution in [-0.2, 0) is 12.8 Å². The number of hydrogen-bond donors (Lipinski definition) is 0. The Hall–Kier alpha value is -0.920. The third-order valence-electron chi connectivity index (χ3n) is 2.48. The molecule has 1 heterocycles. The second kappa shape index (κ2) is 4.07. The van der Waals surface area contributed by atoms with Crippen LogP contribution in [0.25, 0.3) is 0 Å². The van der Waals surface area contributed by atoms with Crippen LogP contribution in [0, 0.1) is 18.0 Å². The molecule has 2 heteroatoms. The first-order valence-corrected chi connectivity index (χ1v) is 5.47. The van der Waals surface area contributed by atoms with E-state index in [-0.39, 0.29) is 0 Å². The summed E-state index contributed by atoms with van der Waals surface area (Å²) < 4.78 is 0. The molecule has 0 saturated heterocycles. The van der Waals surface area contributed by atoms with Gasteiger partial charge in [-0.2, -0.15) is 0 Å². The van der Waals surface area contributed by atoms with Crippen molar-refractivity contribution < 1.29 is 0 Å². The molecule has 75 valence electrons. The van der Waals surface area contributed by atoms with Crippen LogP contribution in [0.5, 0.6) is 0 Å². The zero-order valence-electron chi connectivity index (χ0n) is 8.95. The zero-order valence-corrected chi connectivity index (χ0v) is 8.95. The Labute approximate surface area is 85.8 Å². The third-order valence-corrected chi connectivity index (χ3v) is 2.48. The Kier molecular flexibility index (Phi) is 2.80. The van der Waals surface area contributed by atoms with Crippen molar-refractivity contribution >= 4 is 0 Å². The summed E-state index contributed by atoms with van der Waals surface area (Å²) in [6, 6.07) is 1.91. The minimum Gasteiger partial charge on any atom is -0.238 e. The standard InChI is InChI=1S/C12H17N2/c1-9(2)7-11-5-6-13-12(14-11)8-10-3-4-10/h5,9-10H,3-4,7-8H2,1-2H3. The van der Waals surface area contributed by atoms with Gasteiger partial charge in [-0.3, -0.25) is 0 Å². The maximum atomic E-state index is 4.55. The summed E-state index contributed by atoms with van der Waals surface area (Å²) in [4.78, 5) is 8.74. The molecule has 1 aromatic rings. The van der Waals surface area contributed by atoms with Gasteiger partial charge in [-0.1, -0.05) is 13.8 Å². The molecule has 1 aromatic heterocycles. The van der Waals surface area contributed by atoms with Crippen LogP contribution >= 0.6 is 0 Å². The molecule has 0 unspecified atom stereocenters. The number of hydrogen-bond acceptors (Lipinski definition) is 2.